The lowest BCUT2D eigenvalue weighted by Crippen LogP contribution is -2.53. The number of β-amino-alcohol motifs (C(OH)–C–C–N with tert-alkyl or cyclic N) is 1. The van der Waals surface area contributed by atoms with Crippen molar-refractivity contribution in [2.45, 2.75) is 25.4 Å². The molecule has 1 N–H and O–H groups in total. The van der Waals surface area contributed by atoms with Crippen molar-refractivity contribution < 1.29 is 23.1 Å². The fourth-order valence-electron chi connectivity index (χ4n) is 3.83. The van der Waals surface area contributed by atoms with Gasteiger partial charge in [-0.1, -0.05) is 0 Å². The minimum absolute atomic E-state index is 0.00672. The number of carbonyl (C=O) groups excluding carboxylic acids is 2. The minimum Gasteiger partial charge on any atom is -0.388 e. The Morgan fingerprint density at radius 1 is 1.11 bits per heavy atom. The summed E-state index contributed by atoms with van der Waals surface area (Å²) in [5, 5.41) is 11.0. The Morgan fingerprint density at radius 2 is 1.70 bits per heavy atom. The van der Waals surface area contributed by atoms with Crippen molar-refractivity contribution in [3.05, 3.63) is 0 Å². The van der Waals surface area contributed by atoms with Crippen LogP contribution in [0, 0.1) is 5.92 Å². The fraction of sp³-hybridized carbons (Fsp3) is 0.882. The summed E-state index contributed by atoms with van der Waals surface area (Å²) in [6.45, 7) is 4.23. The van der Waals surface area contributed by atoms with E-state index < -0.39 is 21.5 Å². The Labute approximate surface area is 161 Å². The van der Waals surface area contributed by atoms with Crippen molar-refractivity contribution in [3.8, 4) is 0 Å². The van der Waals surface area contributed by atoms with E-state index in [2.05, 4.69) is 0 Å². The van der Waals surface area contributed by atoms with Crippen LogP contribution in [0.4, 0.5) is 0 Å². The average Bonchev–Trinajstić information content (AvgIpc) is 2.76. The first-order valence-corrected chi connectivity index (χ1v) is 11.1. The monoisotopic (exact) mass is 404 g/mol. The van der Waals surface area contributed by atoms with Crippen LogP contribution >= 0.6 is 0 Å². The molecular weight excluding hydrogens is 372 g/mol. The SMILES string of the molecule is CC(=O)N1CCC(O)(CN2CCN(S(C)(=O)=O)C[C@H](C(=O)N(C)C)C2)CC1. The molecule has 2 rings (SSSR count). The largest absolute Gasteiger partial charge is 0.388 e. The van der Waals surface area contributed by atoms with Crippen molar-refractivity contribution >= 4 is 21.8 Å². The average molecular weight is 405 g/mol. The number of piperidine rings is 1. The van der Waals surface area contributed by atoms with Gasteiger partial charge in [0.1, 0.15) is 0 Å². The minimum atomic E-state index is -3.40. The Bertz CT molecular complexity index is 658. The summed E-state index contributed by atoms with van der Waals surface area (Å²) in [4.78, 5) is 29.2. The quantitative estimate of drug-likeness (QED) is 0.621. The summed E-state index contributed by atoms with van der Waals surface area (Å²) in [6, 6.07) is 0. The van der Waals surface area contributed by atoms with Crippen LogP contribution in [0.2, 0.25) is 0 Å². The van der Waals surface area contributed by atoms with Gasteiger partial charge in [-0.25, -0.2) is 12.7 Å². The summed E-state index contributed by atoms with van der Waals surface area (Å²) >= 11 is 0. The Balaban J connectivity index is 2.10. The third kappa shape index (κ3) is 5.87. The number of amides is 2. The second-order valence-corrected chi connectivity index (χ2v) is 10.00. The van der Waals surface area contributed by atoms with E-state index >= 15 is 0 Å². The zero-order valence-corrected chi connectivity index (χ0v) is 17.5. The Hall–Kier alpha value is -1.23. The highest BCUT2D eigenvalue weighted by molar-refractivity contribution is 7.88. The standard InChI is InChI=1S/C17H32N4O5S/c1-14(22)20-7-5-17(24,6-8-20)13-19-9-10-21(27(4,25)26)12-15(11-19)16(23)18(2)3/h15,24H,5-13H2,1-4H3/t15-/m1/s1. The molecule has 2 heterocycles. The molecular formula is C17H32N4O5S. The molecule has 0 spiro atoms. The molecule has 2 aliphatic rings. The van der Waals surface area contributed by atoms with Crippen LogP contribution in [-0.4, -0.2) is 116 Å². The number of likely N-dealkylation sites (tertiary alicyclic amines) is 1. The lowest BCUT2D eigenvalue weighted by atomic mass is 9.90. The maximum absolute atomic E-state index is 12.5. The fourth-order valence-corrected chi connectivity index (χ4v) is 4.69. The van der Waals surface area contributed by atoms with Crippen LogP contribution in [0.5, 0.6) is 0 Å². The number of rotatable bonds is 4. The van der Waals surface area contributed by atoms with Gasteiger partial charge in [-0.3, -0.25) is 14.5 Å². The zero-order chi connectivity index (χ0) is 20.4. The van der Waals surface area contributed by atoms with Gasteiger partial charge in [0.2, 0.25) is 21.8 Å². The van der Waals surface area contributed by atoms with E-state index in [0.717, 1.165) is 6.26 Å². The van der Waals surface area contributed by atoms with Gasteiger partial charge >= 0.3 is 0 Å². The third-order valence-corrected chi connectivity index (χ3v) is 6.75. The van der Waals surface area contributed by atoms with Crippen molar-refractivity contribution in [1.29, 1.82) is 0 Å². The number of hydrogen-bond donors (Lipinski definition) is 1. The van der Waals surface area contributed by atoms with Gasteiger partial charge in [-0.2, -0.15) is 0 Å². The molecule has 156 valence electrons. The molecule has 27 heavy (non-hydrogen) atoms. The topological polar surface area (TPSA) is 101 Å². The summed E-state index contributed by atoms with van der Waals surface area (Å²) in [7, 11) is -0.0804. The summed E-state index contributed by atoms with van der Waals surface area (Å²) < 4.78 is 25.4. The van der Waals surface area contributed by atoms with Crippen LogP contribution in [-0.2, 0) is 19.6 Å². The number of aliphatic hydroxyl groups is 1. The number of carbonyl (C=O) groups is 2. The van der Waals surface area contributed by atoms with Crippen molar-refractivity contribution in [1.82, 2.24) is 19.0 Å². The number of hydrogen-bond acceptors (Lipinski definition) is 6. The first-order chi connectivity index (χ1) is 12.4. The van der Waals surface area contributed by atoms with E-state index in [1.165, 1.54) is 16.1 Å². The third-order valence-electron chi connectivity index (χ3n) is 5.48. The molecule has 0 saturated carbocycles. The molecule has 2 amide bonds. The van der Waals surface area contributed by atoms with Gasteiger partial charge < -0.3 is 14.9 Å². The molecule has 1 atom stereocenters. The van der Waals surface area contributed by atoms with E-state index in [1.807, 2.05) is 4.90 Å². The maximum Gasteiger partial charge on any atom is 0.227 e. The molecule has 0 aliphatic carbocycles. The van der Waals surface area contributed by atoms with Crippen molar-refractivity contribution in [2.75, 3.05) is 66.2 Å². The smallest absolute Gasteiger partial charge is 0.227 e. The van der Waals surface area contributed by atoms with E-state index in [-0.39, 0.29) is 18.4 Å². The lowest BCUT2D eigenvalue weighted by molar-refractivity contribution is -0.136. The molecule has 0 aromatic rings. The number of nitrogens with zero attached hydrogens (tertiary/aromatic N) is 4. The molecule has 0 aromatic carbocycles. The first kappa shape index (κ1) is 22.1. The van der Waals surface area contributed by atoms with Crippen molar-refractivity contribution in [2.24, 2.45) is 5.92 Å². The van der Waals surface area contributed by atoms with Crippen LogP contribution < -0.4 is 0 Å². The zero-order valence-electron chi connectivity index (χ0n) is 16.7. The summed E-state index contributed by atoms with van der Waals surface area (Å²) in [6.07, 6.45) is 2.11. The van der Waals surface area contributed by atoms with Gasteiger partial charge in [-0.15, -0.1) is 0 Å². The molecule has 9 nitrogen and oxygen atoms in total. The summed E-state index contributed by atoms with van der Waals surface area (Å²) in [5.41, 5.74) is -0.933. The molecule has 2 aliphatic heterocycles. The highest BCUT2D eigenvalue weighted by Gasteiger charge is 2.38. The first-order valence-electron chi connectivity index (χ1n) is 9.28. The second-order valence-electron chi connectivity index (χ2n) is 8.02. The van der Waals surface area contributed by atoms with Crippen LogP contribution in [0.15, 0.2) is 0 Å². The van der Waals surface area contributed by atoms with Crippen LogP contribution in [0.25, 0.3) is 0 Å². The predicted molar refractivity (Wildman–Crippen MR) is 101 cm³/mol. The van der Waals surface area contributed by atoms with Gasteiger partial charge in [0.15, 0.2) is 0 Å². The van der Waals surface area contributed by atoms with E-state index in [9.17, 15) is 23.1 Å². The van der Waals surface area contributed by atoms with E-state index in [4.69, 9.17) is 0 Å². The second kappa shape index (κ2) is 8.42. The Kier molecular flexibility index (Phi) is 6.88. The summed E-state index contributed by atoms with van der Waals surface area (Å²) in [5.74, 6) is -0.584. The highest BCUT2D eigenvalue weighted by atomic mass is 32.2. The molecule has 0 unspecified atom stereocenters. The Morgan fingerprint density at radius 3 is 2.19 bits per heavy atom. The molecule has 10 heteroatoms. The van der Waals surface area contributed by atoms with Crippen molar-refractivity contribution in [3.63, 3.8) is 0 Å². The maximum atomic E-state index is 12.5. The van der Waals surface area contributed by atoms with E-state index in [0.29, 0.717) is 52.1 Å². The van der Waals surface area contributed by atoms with Gasteiger partial charge in [0.05, 0.1) is 17.8 Å². The van der Waals surface area contributed by atoms with Gasteiger partial charge in [0, 0.05) is 66.8 Å². The van der Waals surface area contributed by atoms with Crippen LogP contribution in [0.3, 0.4) is 0 Å². The lowest BCUT2D eigenvalue weighted by Gasteiger charge is -2.41. The van der Waals surface area contributed by atoms with Gasteiger partial charge in [-0.05, 0) is 12.8 Å². The molecule has 2 saturated heterocycles. The molecule has 0 radical (unpaired) electrons. The molecule has 0 aromatic heterocycles. The number of sulfonamides is 1. The van der Waals surface area contributed by atoms with E-state index in [1.54, 1.807) is 19.0 Å². The normalized spacial score (nSPS) is 25.1. The highest BCUT2D eigenvalue weighted by Crippen LogP contribution is 2.25. The molecule has 0 bridgehead atoms. The predicted octanol–water partition coefficient (Wildman–Crippen LogP) is -1.36. The van der Waals surface area contributed by atoms with Gasteiger partial charge in [0.25, 0.3) is 0 Å². The van der Waals surface area contributed by atoms with Crippen LogP contribution in [0.1, 0.15) is 19.8 Å². The molecule has 2 fully saturated rings.